The first-order chi connectivity index (χ1) is 8.90. The second-order valence-electron chi connectivity index (χ2n) is 4.90. The van der Waals surface area contributed by atoms with Crippen LogP contribution in [0.25, 0.3) is 0 Å². The topological polar surface area (TPSA) is 66.4 Å². The highest BCUT2D eigenvalue weighted by Gasteiger charge is 2.07. The zero-order valence-corrected chi connectivity index (χ0v) is 11.7. The Labute approximate surface area is 113 Å². The molecular formula is C15H21NO3. The highest BCUT2D eigenvalue weighted by atomic mass is 16.4. The van der Waals surface area contributed by atoms with E-state index in [1.807, 2.05) is 0 Å². The van der Waals surface area contributed by atoms with E-state index in [0.29, 0.717) is 6.42 Å². The van der Waals surface area contributed by atoms with E-state index < -0.39 is 5.97 Å². The predicted octanol–water partition coefficient (Wildman–Crippen LogP) is 2.14. The van der Waals surface area contributed by atoms with Gasteiger partial charge in [-0.05, 0) is 50.3 Å². The maximum atomic E-state index is 11.4. The normalized spacial score (nSPS) is 10.3. The molecule has 1 amide bonds. The molecule has 0 aromatic heterocycles. The molecule has 0 atom stereocenters. The molecular weight excluding hydrogens is 242 g/mol. The molecule has 0 saturated carbocycles. The lowest BCUT2D eigenvalue weighted by atomic mass is 9.95. The minimum absolute atomic E-state index is 0.204. The minimum Gasteiger partial charge on any atom is -0.480 e. The van der Waals surface area contributed by atoms with Gasteiger partial charge in [0.15, 0.2) is 0 Å². The van der Waals surface area contributed by atoms with E-state index in [2.05, 4.69) is 38.2 Å². The van der Waals surface area contributed by atoms with Crippen LogP contribution in [0.15, 0.2) is 12.1 Å². The molecule has 0 fully saturated rings. The molecule has 0 unspecified atom stereocenters. The first kappa shape index (κ1) is 15.2. The van der Waals surface area contributed by atoms with Gasteiger partial charge in [-0.15, -0.1) is 0 Å². The molecule has 19 heavy (non-hydrogen) atoms. The number of aliphatic carboxylic acids is 1. The van der Waals surface area contributed by atoms with Crippen LogP contribution in [-0.2, 0) is 16.0 Å². The monoisotopic (exact) mass is 263 g/mol. The molecule has 0 aliphatic rings. The average molecular weight is 263 g/mol. The number of benzene rings is 1. The Morgan fingerprint density at radius 1 is 1.16 bits per heavy atom. The zero-order valence-electron chi connectivity index (χ0n) is 11.7. The molecule has 1 aromatic carbocycles. The van der Waals surface area contributed by atoms with Crippen molar-refractivity contribution in [1.29, 1.82) is 0 Å². The molecule has 104 valence electrons. The average Bonchev–Trinajstić information content (AvgIpc) is 2.29. The fourth-order valence-corrected chi connectivity index (χ4v) is 2.29. The van der Waals surface area contributed by atoms with Gasteiger partial charge in [0.2, 0.25) is 5.91 Å². The fraction of sp³-hybridized carbons (Fsp3) is 0.467. The second-order valence-corrected chi connectivity index (χ2v) is 4.90. The molecule has 2 N–H and O–H groups in total. The van der Waals surface area contributed by atoms with Crippen LogP contribution in [0.3, 0.4) is 0 Å². The third kappa shape index (κ3) is 5.12. The lowest BCUT2D eigenvalue weighted by Crippen LogP contribution is -2.29. The van der Waals surface area contributed by atoms with Gasteiger partial charge >= 0.3 is 5.97 Å². The van der Waals surface area contributed by atoms with Crippen molar-refractivity contribution in [3.63, 3.8) is 0 Å². The van der Waals surface area contributed by atoms with Gasteiger partial charge in [-0.25, -0.2) is 0 Å². The number of carbonyl (C=O) groups excluding carboxylic acids is 1. The smallest absolute Gasteiger partial charge is 0.322 e. The van der Waals surface area contributed by atoms with Gasteiger partial charge in [0.05, 0.1) is 0 Å². The Morgan fingerprint density at radius 3 is 2.26 bits per heavy atom. The summed E-state index contributed by atoms with van der Waals surface area (Å²) in [5, 5.41) is 10.8. The van der Waals surface area contributed by atoms with Crippen molar-refractivity contribution in [2.75, 3.05) is 6.54 Å². The lowest BCUT2D eigenvalue weighted by Gasteiger charge is -2.11. The Balaban J connectivity index is 2.45. The zero-order chi connectivity index (χ0) is 14.4. The lowest BCUT2D eigenvalue weighted by molar-refractivity contribution is -0.137. The third-order valence-electron chi connectivity index (χ3n) is 3.11. The van der Waals surface area contributed by atoms with E-state index in [1.165, 1.54) is 22.3 Å². The number of carboxylic acids is 1. The molecule has 4 heteroatoms. The van der Waals surface area contributed by atoms with Crippen molar-refractivity contribution >= 4 is 11.9 Å². The maximum absolute atomic E-state index is 11.4. The Morgan fingerprint density at radius 2 is 1.74 bits per heavy atom. The summed E-state index contributed by atoms with van der Waals surface area (Å²) < 4.78 is 0. The predicted molar refractivity (Wildman–Crippen MR) is 74.2 cm³/mol. The number of nitrogens with one attached hydrogen (secondary N) is 1. The largest absolute Gasteiger partial charge is 0.480 e. The van der Waals surface area contributed by atoms with Crippen LogP contribution in [0, 0.1) is 20.8 Å². The van der Waals surface area contributed by atoms with Crippen molar-refractivity contribution in [2.45, 2.75) is 40.0 Å². The van der Waals surface area contributed by atoms with Crippen LogP contribution in [0.5, 0.6) is 0 Å². The van der Waals surface area contributed by atoms with Crippen LogP contribution in [0.1, 0.15) is 35.1 Å². The van der Waals surface area contributed by atoms with Crippen LogP contribution < -0.4 is 5.32 Å². The van der Waals surface area contributed by atoms with Gasteiger partial charge in [-0.1, -0.05) is 17.7 Å². The van der Waals surface area contributed by atoms with E-state index in [9.17, 15) is 9.59 Å². The summed E-state index contributed by atoms with van der Waals surface area (Å²) in [5.41, 5.74) is 5.04. The fourth-order valence-electron chi connectivity index (χ4n) is 2.29. The summed E-state index contributed by atoms with van der Waals surface area (Å²) in [7, 11) is 0. The van der Waals surface area contributed by atoms with Gasteiger partial charge in [0.25, 0.3) is 0 Å². The van der Waals surface area contributed by atoms with Crippen LogP contribution in [0.4, 0.5) is 0 Å². The summed E-state index contributed by atoms with van der Waals surface area (Å²) in [5.74, 6) is -1.22. The number of aryl methyl sites for hydroxylation is 3. The standard InChI is InChI=1S/C15H21NO3/c1-10-7-11(2)13(12(3)8-10)5-4-6-14(17)16-9-15(18)19/h7-8H,4-6,9H2,1-3H3,(H,16,17)(H,18,19). The minimum atomic E-state index is -1.02. The number of hydrogen-bond donors (Lipinski definition) is 2. The van der Waals surface area contributed by atoms with Gasteiger partial charge in [-0.2, -0.15) is 0 Å². The molecule has 0 heterocycles. The molecule has 0 radical (unpaired) electrons. The first-order valence-corrected chi connectivity index (χ1v) is 6.45. The van der Waals surface area contributed by atoms with Gasteiger partial charge < -0.3 is 10.4 Å². The molecule has 1 rings (SSSR count). The van der Waals surface area contributed by atoms with Gasteiger partial charge in [0, 0.05) is 6.42 Å². The molecule has 0 aliphatic carbocycles. The summed E-state index contributed by atoms with van der Waals surface area (Å²) in [6, 6.07) is 4.29. The quantitative estimate of drug-likeness (QED) is 0.826. The molecule has 0 saturated heterocycles. The van der Waals surface area contributed by atoms with Gasteiger partial charge in [-0.3, -0.25) is 9.59 Å². The van der Waals surface area contributed by atoms with Crippen molar-refractivity contribution < 1.29 is 14.7 Å². The van der Waals surface area contributed by atoms with Crippen LogP contribution in [0.2, 0.25) is 0 Å². The number of rotatable bonds is 6. The summed E-state index contributed by atoms with van der Waals surface area (Å²) in [6.07, 6.45) is 1.94. The number of amides is 1. The second kappa shape index (κ2) is 6.92. The van der Waals surface area contributed by atoms with Gasteiger partial charge in [0.1, 0.15) is 6.54 Å². The molecule has 0 spiro atoms. The summed E-state index contributed by atoms with van der Waals surface area (Å²) in [6.45, 7) is 5.93. The van der Waals surface area contributed by atoms with Crippen LogP contribution in [-0.4, -0.2) is 23.5 Å². The Kier molecular flexibility index (Phi) is 5.55. The summed E-state index contributed by atoms with van der Waals surface area (Å²) >= 11 is 0. The third-order valence-corrected chi connectivity index (χ3v) is 3.11. The van der Waals surface area contributed by atoms with E-state index in [4.69, 9.17) is 5.11 Å². The molecule has 0 bridgehead atoms. The maximum Gasteiger partial charge on any atom is 0.322 e. The molecule has 0 aliphatic heterocycles. The highest BCUT2D eigenvalue weighted by molar-refractivity contribution is 5.81. The number of carbonyl (C=O) groups is 2. The van der Waals surface area contributed by atoms with E-state index in [1.54, 1.807) is 0 Å². The van der Waals surface area contributed by atoms with Crippen molar-refractivity contribution in [3.05, 3.63) is 34.4 Å². The highest BCUT2D eigenvalue weighted by Crippen LogP contribution is 2.18. The van der Waals surface area contributed by atoms with Crippen molar-refractivity contribution in [1.82, 2.24) is 5.32 Å². The van der Waals surface area contributed by atoms with E-state index in [-0.39, 0.29) is 12.5 Å². The Bertz CT molecular complexity index is 457. The Hall–Kier alpha value is -1.84. The van der Waals surface area contributed by atoms with Crippen LogP contribution >= 0.6 is 0 Å². The SMILES string of the molecule is Cc1cc(C)c(CCCC(=O)NCC(=O)O)c(C)c1. The summed E-state index contributed by atoms with van der Waals surface area (Å²) in [4.78, 5) is 21.7. The molecule has 1 aromatic rings. The van der Waals surface area contributed by atoms with E-state index >= 15 is 0 Å². The van der Waals surface area contributed by atoms with E-state index in [0.717, 1.165) is 12.8 Å². The number of hydrogen-bond acceptors (Lipinski definition) is 2. The number of carboxylic acid groups (broad SMARTS) is 1. The van der Waals surface area contributed by atoms with Crippen molar-refractivity contribution in [3.8, 4) is 0 Å². The van der Waals surface area contributed by atoms with Crippen molar-refractivity contribution in [2.24, 2.45) is 0 Å². The first-order valence-electron chi connectivity index (χ1n) is 6.45. The molecule has 4 nitrogen and oxygen atoms in total.